The minimum Gasteiger partial charge on any atom is -0.433 e. The molecule has 0 aliphatic carbocycles. The summed E-state index contributed by atoms with van der Waals surface area (Å²) < 4.78 is 10.3. The topological polar surface area (TPSA) is 81.7 Å². The Hall–Kier alpha value is -1.43. The van der Waals surface area contributed by atoms with Crippen molar-refractivity contribution >= 4 is 17.7 Å². The van der Waals surface area contributed by atoms with Gasteiger partial charge in [0.2, 0.25) is 12.2 Å². The highest BCUT2D eigenvalue weighted by molar-refractivity contribution is 5.86. The smallest absolute Gasteiger partial charge is 0.310 e. The maximum atomic E-state index is 12.2. The fourth-order valence-corrected chi connectivity index (χ4v) is 2.20. The van der Waals surface area contributed by atoms with Gasteiger partial charge in [0.1, 0.15) is 11.8 Å². The molecule has 1 aliphatic rings. The van der Waals surface area contributed by atoms with Crippen LogP contribution in [0.15, 0.2) is 0 Å². The Morgan fingerprint density at radius 2 is 2.10 bits per heavy atom. The second-order valence-corrected chi connectivity index (χ2v) is 5.39. The van der Waals surface area contributed by atoms with Gasteiger partial charge in [-0.1, -0.05) is 13.8 Å². The Morgan fingerprint density at radius 3 is 2.60 bits per heavy atom. The van der Waals surface area contributed by atoms with Gasteiger partial charge in [-0.25, -0.2) is 0 Å². The molecule has 0 aromatic heterocycles. The molecule has 1 amide bonds. The summed E-state index contributed by atoms with van der Waals surface area (Å²) in [7, 11) is 0. The Morgan fingerprint density at radius 1 is 1.45 bits per heavy atom. The van der Waals surface area contributed by atoms with Crippen LogP contribution in [-0.2, 0) is 23.9 Å². The summed E-state index contributed by atoms with van der Waals surface area (Å²) in [5, 5.41) is 2.77. The van der Waals surface area contributed by atoms with Gasteiger partial charge in [0.25, 0.3) is 0 Å². The van der Waals surface area contributed by atoms with Gasteiger partial charge < -0.3 is 19.6 Å². The molecular weight excluding hydrogens is 262 g/mol. The fraction of sp³-hybridized carbons (Fsp3) is 0.786. The van der Waals surface area contributed by atoms with Crippen LogP contribution in [0.3, 0.4) is 0 Å². The molecule has 0 saturated carbocycles. The number of rotatable bonds is 7. The zero-order valence-electron chi connectivity index (χ0n) is 12.5. The molecule has 6 nitrogen and oxygen atoms in total. The number of amides is 1. The number of hydrogen-bond acceptors (Lipinski definition) is 5. The summed E-state index contributed by atoms with van der Waals surface area (Å²) in [5.41, 5.74) is 0. The van der Waals surface area contributed by atoms with E-state index >= 15 is 0 Å². The Bertz CT molecular complexity index is 380. The first-order chi connectivity index (χ1) is 9.35. The average Bonchev–Trinajstić information content (AvgIpc) is 2.66. The standard InChI is InChI=1S/C14H23NO5/c1-5-19-14-11(7-12(17)20-14)15-13(18)10(8(2)3)6-9(4)16/h8,10-11,14H,5-7H2,1-4H3,(H,15,18). The first-order valence-corrected chi connectivity index (χ1v) is 6.96. The largest absolute Gasteiger partial charge is 0.433 e. The number of nitrogens with one attached hydrogen (secondary N) is 1. The highest BCUT2D eigenvalue weighted by atomic mass is 16.7. The molecule has 1 aliphatic heterocycles. The van der Waals surface area contributed by atoms with E-state index < -0.39 is 18.2 Å². The van der Waals surface area contributed by atoms with Crippen molar-refractivity contribution < 1.29 is 23.9 Å². The van der Waals surface area contributed by atoms with Crippen molar-refractivity contribution in [2.24, 2.45) is 11.8 Å². The molecule has 6 heteroatoms. The predicted octanol–water partition coefficient (Wildman–Crippen LogP) is 1.03. The van der Waals surface area contributed by atoms with Gasteiger partial charge in [0, 0.05) is 18.9 Å². The summed E-state index contributed by atoms with van der Waals surface area (Å²) in [6.07, 6.45) is -0.437. The molecule has 1 rings (SSSR count). The minimum absolute atomic E-state index is 0.0287. The molecule has 1 fully saturated rings. The second-order valence-electron chi connectivity index (χ2n) is 5.39. The third-order valence-corrected chi connectivity index (χ3v) is 3.27. The summed E-state index contributed by atoms with van der Waals surface area (Å²) in [6, 6.07) is -0.483. The molecule has 0 bridgehead atoms. The number of esters is 1. The normalized spacial score (nSPS) is 23.6. The van der Waals surface area contributed by atoms with E-state index in [4.69, 9.17) is 9.47 Å². The van der Waals surface area contributed by atoms with Gasteiger partial charge in [0.15, 0.2) is 0 Å². The van der Waals surface area contributed by atoms with Crippen LogP contribution in [0.2, 0.25) is 0 Å². The Labute approximate surface area is 119 Å². The number of hydrogen-bond donors (Lipinski definition) is 1. The van der Waals surface area contributed by atoms with Gasteiger partial charge in [0.05, 0.1) is 6.42 Å². The molecule has 114 valence electrons. The van der Waals surface area contributed by atoms with Crippen LogP contribution < -0.4 is 5.32 Å². The van der Waals surface area contributed by atoms with Crippen LogP contribution in [0, 0.1) is 11.8 Å². The van der Waals surface area contributed by atoms with Crippen molar-refractivity contribution in [1.29, 1.82) is 0 Å². The Kier molecular flexibility index (Phi) is 6.13. The van der Waals surface area contributed by atoms with E-state index in [1.807, 2.05) is 13.8 Å². The zero-order chi connectivity index (χ0) is 15.3. The summed E-state index contributed by atoms with van der Waals surface area (Å²) in [6.45, 7) is 7.43. The number of carbonyl (C=O) groups is 3. The number of ether oxygens (including phenoxy) is 2. The maximum Gasteiger partial charge on any atom is 0.310 e. The molecule has 1 heterocycles. The Balaban J connectivity index is 2.66. The number of Topliss-reactive ketones (excluding diaryl/α,β-unsaturated/α-hetero) is 1. The third kappa shape index (κ3) is 4.59. The third-order valence-electron chi connectivity index (χ3n) is 3.27. The van der Waals surface area contributed by atoms with Gasteiger partial charge in [-0.2, -0.15) is 0 Å². The van der Waals surface area contributed by atoms with E-state index in [2.05, 4.69) is 5.32 Å². The van der Waals surface area contributed by atoms with Crippen molar-refractivity contribution in [2.45, 2.75) is 52.9 Å². The average molecular weight is 285 g/mol. The fourth-order valence-electron chi connectivity index (χ4n) is 2.20. The quantitative estimate of drug-likeness (QED) is 0.707. The molecule has 0 spiro atoms. The van der Waals surface area contributed by atoms with Crippen LogP contribution >= 0.6 is 0 Å². The van der Waals surface area contributed by atoms with Gasteiger partial charge in [-0.15, -0.1) is 0 Å². The van der Waals surface area contributed by atoms with Crippen LogP contribution in [0.1, 0.15) is 40.5 Å². The molecule has 20 heavy (non-hydrogen) atoms. The van der Waals surface area contributed by atoms with E-state index in [1.54, 1.807) is 6.92 Å². The monoisotopic (exact) mass is 285 g/mol. The SMILES string of the molecule is CCOC1OC(=O)CC1NC(=O)C(CC(C)=O)C(C)C. The zero-order valence-corrected chi connectivity index (χ0v) is 12.5. The summed E-state index contributed by atoms with van der Waals surface area (Å²) in [4.78, 5) is 34.8. The molecule has 0 aromatic rings. The molecule has 1 saturated heterocycles. The molecule has 0 aromatic carbocycles. The maximum absolute atomic E-state index is 12.2. The molecule has 1 N–H and O–H groups in total. The molecule has 3 atom stereocenters. The van der Waals surface area contributed by atoms with Crippen LogP contribution in [0.25, 0.3) is 0 Å². The van der Waals surface area contributed by atoms with E-state index in [0.29, 0.717) is 6.61 Å². The first-order valence-electron chi connectivity index (χ1n) is 6.96. The summed E-state index contributed by atoms with van der Waals surface area (Å²) in [5.74, 6) is -1.00. The lowest BCUT2D eigenvalue weighted by Crippen LogP contribution is -2.45. The number of ketones is 1. The van der Waals surface area contributed by atoms with Gasteiger partial charge in [-0.05, 0) is 19.8 Å². The van der Waals surface area contributed by atoms with Crippen LogP contribution in [0.5, 0.6) is 0 Å². The summed E-state index contributed by atoms with van der Waals surface area (Å²) >= 11 is 0. The van der Waals surface area contributed by atoms with E-state index in [1.165, 1.54) is 6.92 Å². The highest BCUT2D eigenvalue weighted by Gasteiger charge is 2.38. The van der Waals surface area contributed by atoms with Gasteiger partial charge in [-0.3, -0.25) is 9.59 Å². The van der Waals surface area contributed by atoms with Crippen molar-refractivity contribution in [3.8, 4) is 0 Å². The lowest BCUT2D eigenvalue weighted by atomic mass is 9.90. The number of carbonyl (C=O) groups excluding carboxylic acids is 3. The molecular formula is C14H23NO5. The van der Waals surface area contributed by atoms with Crippen LogP contribution in [-0.4, -0.2) is 36.6 Å². The highest BCUT2D eigenvalue weighted by Crippen LogP contribution is 2.20. The second kappa shape index (κ2) is 7.38. The van der Waals surface area contributed by atoms with Crippen LogP contribution in [0.4, 0.5) is 0 Å². The van der Waals surface area contributed by atoms with E-state index in [0.717, 1.165) is 0 Å². The first kappa shape index (κ1) is 16.6. The van der Waals surface area contributed by atoms with Crippen molar-refractivity contribution in [2.75, 3.05) is 6.61 Å². The lowest BCUT2D eigenvalue weighted by Gasteiger charge is -2.23. The molecule has 3 unspecified atom stereocenters. The predicted molar refractivity (Wildman–Crippen MR) is 71.7 cm³/mol. The minimum atomic E-state index is -0.735. The lowest BCUT2D eigenvalue weighted by molar-refractivity contribution is -0.164. The molecule has 0 radical (unpaired) electrons. The van der Waals surface area contributed by atoms with Crippen molar-refractivity contribution in [3.05, 3.63) is 0 Å². The van der Waals surface area contributed by atoms with Crippen molar-refractivity contribution in [1.82, 2.24) is 5.32 Å². The van der Waals surface area contributed by atoms with Gasteiger partial charge >= 0.3 is 5.97 Å². The van der Waals surface area contributed by atoms with Crippen molar-refractivity contribution in [3.63, 3.8) is 0 Å². The van der Waals surface area contributed by atoms with E-state index in [9.17, 15) is 14.4 Å². The van der Waals surface area contributed by atoms with E-state index in [-0.39, 0.29) is 36.4 Å². The number of cyclic esters (lactones) is 1.